The normalized spacial score (nSPS) is 31.0. The lowest BCUT2D eigenvalue weighted by atomic mass is 9.88. The molecule has 2 saturated heterocycles. The maximum absolute atomic E-state index is 13.5. The van der Waals surface area contributed by atoms with Gasteiger partial charge in [-0.2, -0.15) is 0 Å². The number of carbonyl (C=O) groups is 1. The molecular formula is C18H32F2N2O2. The van der Waals surface area contributed by atoms with Crippen molar-refractivity contribution in [3.8, 4) is 0 Å². The minimum absolute atomic E-state index is 0.0641. The van der Waals surface area contributed by atoms with Crippen molar-refractivity contribution in [3.05, 3.63) is 0 Å². The number of alkyl halides is 2. The fourth-order valence-corrected chi connectivity index (χ4v) is 4.11. The van der Waals surface area contributed by atoms with Crippen molar-refractivity contribution in [2.24, 2.45) is 17.3 Å². The minimum Gasteiger partial charge on any atom is -0.394 e. The molecule has 4 nitrogen and oxygen atoms in total. The summed E-state index contributed by atoms with van der Waals surface area (Å²) in [5.41, 5.74) is -0.103. The molecule has 2 aliphatic rings. The summed E-state index contributed by atoms with van der Waals surface area (Å²) in [6.45, 7) is 9.41. The van der Waals surface area contributed by atoms with Crippen molar-refractivity contribution in [2.45, 2.75) is 58.9 Å². The van der Waals surface area contributed by atoms with Crippen molar-refractivity contribution in [3.63, 3.8) is 0 Å². The fraction of sp³-hybridized carbons (Fsp3) is 0.944. The Morgan fingerprint density at radius 2 is 2.00 bits per heavy atom. The third-order valence-corrected chi connectivity index (χ3v) is 5.36. The quantitative estimate of drug-likeness (QED) is 0.832. The van der Waals surface area contributed by atoms with E-state index in [1.54, 1.807) is 9.80 Å². The molecule has 0 unspecified atom stereocenters. The van der Waals surface area contributed by atoms with E-state index in [2.05, 4.69) is 6.92 Å². The first kappa shape index (κ1) is 19.6. The van der Waals surface area contributed by atoms with E-state index in [-0.39, 0.29) is 48.8 Å². The van der Waals surface area contributed by atoms with Crippen LogP contribution in [0.15, 0.2) is 0 Å². The third-order valence-electron chi connectivity index (χ3n) is 5.36. The van der Waals surface area contributed by atoms with Gasteiger partial charge in [-0.25, -0.2) is 8.78 Å². The van der Waals surface area contributed by atoms with Gasteiger partial charge >= 0.3 is 0 Å². The Morgan fingerprint density at radius 3 is 2.46 bits per heavy atom. The lowest BCUT2D eigenvalue weighted by Crippen LogP contribution is -2.44. The number of nitrogens with zero attached hydrogens (tertiary/aromatic N) is 2. The first-order valence-electron chi connectivity index (χ1n) is 9.07. The van der Waals surface area contributed by atoms with Crippen LogP contribution < -0.4 is 0 Å². The summed E-state index contributed by atoms with van der Waals surface area (Å²) in [6, 6.07) is -0.251. The number of likely N-dealkylation sites (tertiary alicyclic amines) is 2. The van der Waals surface area contributed by atoms with Gasteiger partial charge in [0.2, 0.25) is 5.91 Å². The first-order chi connectivity index (χ1) is 11.1. The van der Waals surface area contributed by atoms with Crippen LogP contribution in [-0.2, 0) is 4.79 Å². The molecule has 0 aromatic heterocycles. The van der Waals surface area contributed by atoms with Gasteiger partial charge in [0, 0.05) is 32.5 Å². The van der Waals surface area contributed by atoms with Crippen LogP contribution >= 0.6 is 0 Å². The van der Waals surface area contributed by atoms with Crippen LogP contribution in [0.2, 0.25) is 0 Å². The molecule has 0 bridgehead atoms. The van der Waals surface area contributed by atoms with Gasteiger partial charge in [-0.3, -0.25) is 9.69 Å². The zero-order valence-electron chi connectivity index (χ0n) is 15.4. The largest absolute Gasteiger partial charge is 0.394 e. The molecule has 0 radical (unpaired) electrons. The molecule has 24 heavy (non-hydrogen) atoms. The molecule has 6 heteroatoms. The molecule has 140 valence electrons. The summed E-state index contributed by atoms with van der Waals surface area (Å²) in [7, 11) is 0. The highest BCUT2D eigenvalue weighted by molar-refractivity contribution is 5.77. The Balaban J connectivity index is 2.07. The Kier molecular flexibility index (Phi) is 5.91. The minimum atomic E-state index is -2.60. The molecule has 0 aliphatic carbocycles. The molecule has 2 heterocycles. The summed E-state index contributed by atoms with van der Waals surface area (Å²) < 4.78 is 26.9. The number of aliphatic hydroxyl groups is 1. The second kappa shape index (κ2) is 7.24. The van der Waals surface area contributed by atoms with Gasteiger partial charge < -0.3 is 10.0 Å². The Bertz CT molecular complexity index is 451. The zero-order valence-corrected chi connectivity index (χ0v) is 15.4. The van der Waals surface area contributed by atoms with Gasteiger partial charge in [0.1, 0.15) is 0 Å². The van der Waals surface area contributed by atoms with Gasteiger partial charge in [-0.1, -0.05) is 34.1 Å². The van der Waals surface area contributed by atoms with E-state index in [1.165, 1.54) is 0 Å². The Hall–Kier alpha value is -0.750. The molecule has 0 saturated carbocycles. The van der Waals surface area contributed by atoms with E-state index < -0.39 is 5.92 Å². The van der Waals surface area contributed by atoms with Gasteiger partial charge in [0.15, 0.2) is 0 Å². The highest BCUT2D eigenvalue weighted by Crippen LogP contribution is 2.36. The molecule has 1 amide bonds. The lowest BCUT2D eigenvalue weighted by molar-refractivity contribution is -0.135. The van der Waals surface area contributed by atoms with Gasteiger partial charge in [-0.05, 0) is 17.3 Å². The van der Waals surface area contributed by atoms with E-state index in [0.29, 0.717) is 26.1 Å². The smallest absolute Gasteiger partial charge is 0.261 e. The molecule has 2 fully saturated rings. The summed E-state index contributed by atoms with van der Waals surface area (Å²) in [6.07, 6.45) is 1.24. The molecule has 0 spiro atoms. The Labute approximate surface area is 144 Å². The summed E-state index contributed by atoms with van der Waals surface area (Å²) in [4.78, 5) is 16.3. The highest BCUT2D eigenvalue weighted by atomic mass is 19.3. The van der Waals surface area contributed by atoms with E-state index in [9.17, 15) is 18.7 Å². The van der Waals surface area contributed by atoms with Crippen molar-refractivity contribution in [2.75, 3.05) is 32.8 Å². The van der Waals surface area contributed by atoms with Gasteiger partial charge in [0.25, 0.3) is 5.92 Å². The fourth-order valence-electron chi connectivity index (χ4n) is 4.11. The topological polar surface area (TPSA) is 43.8 Å². The van der Waals surface area contributed by atoms with Crippen molar-refractivity contribution in [1.29, 1.82) is 0 Å². The summed E-state index contributed by atoms with van der Waals surface area (Å²) in [5, 5.41) is 9.88. The van der Waals surface area contributed by atoms with E-state index >= 15 is 0 Å². The van der Waals surface area contributed by atoms with Crippen molar-refractivity contribution >= 4 is 5.91 Å². The maximum atomic E-state index is 13.5. The molecule has 0 aromatic carbocycles. The SMILES string of the molecule is CC[C@@H]1CN(C(=O)CC(C)(C)C)[C@H](CO)[C@@H]1CN1CCC(F)(F)C1. The second-order valence-electron chi connectivity index (χ2n) is 8.71. The maximum Gasteiger partial charge on any atom is 0.261 e. The van der Waals surface area contributed by atoms with Crippen molar-refractivity contribution in [1.82, 2.24) is 9.80 Å². The third kappa shape index (κ3) is 4.66. The monoisotopic (exact) mass is 346 g/mol. The summed E-state index contributed by atoms with van der Waals surface area (Å²) >= 11 is 0. The predicted molar refractivity (Wildman–Crippen MR) is 89.9 cm³/mol. The zero-order chi connectivity index (χ0) is 18.1. The number of hydrogen-bond acceptors (Lipinski definition) is 3. The van der Waals surface area contributed by atoms with Crippen LogP contribution in [0, 0.1) is 17.3 Å². The molecule has 3 atom stereocenters. The number of aliphatic hydroxyl groups excluding tert-OH is 1. The standard InChI is InChI=1S/C18H32F2N2O2/c1-5-13-9-22(16(24)8-17(2,3)4)15(11-23)14(13)10-21-7-6-18(19,20)12-21/h13-15,23H,5-12H2,1-4H3/t13-,14-,15-/m1/s1. The van der Waals surface area contributed by atoms with Crippen LogP contribution in [0.3, 0.4) is 0 Å². The number of halogens is 2. The van der Waals surface area contributed by atoms with E-state index in [0.717, 1.165) is 6.42 Å². The van der Waals surface area contributed by atoms with Crippen LogP contribution in [-0.4, -0.2) is 65.6 Å². The van der Waals surface area contributed by atoms with Crippen LogP contribution in [0.5, 0.6) is 0 Å². The second-order valence-corrected chi connectivity index (χ2v) is 8.71. The number of rotatable bonds is 5. The molecule has 0 aromatic rings. The Morgan fingerprint density at radius 1 is 1.33 bits per heavy atom. The van der Waals surface area contributed by atoms with Crippen LogP contribution in [0.4, 0.5) is 8.78 Å². The van der Waals surface area contributed by atoms with Gasteiger partial charge in [0.05, 0.1) is 19.2 Å². The first-order valence-corrected chi connectivity index (χ1v) is 9.07. The van der Waals surface area contributed by atoms with E-state index in [4.69, 9.17) is 0 Å². The van der Waals surface area contributed by atoms with Gasteiger partial charge in [-0.15, -0.1) is 0 Å². The number of hydrogen-bond donors (Lipinski definition) is 1. The van der Waals surface area contributed by atoms with E-state index in [1.807, 2.05) is 20.8 Å². The predicted octanol–water partition coefficient (Wildman–Crippen LogP) is 2.61. The number of amides is 1. The van der Waals surface area contributed by atoms with Crippen LogP contribution in [0.1, 0.15) is 47.0 Å². The summed E-state index contributed by atoms with van der Waals surface area (Å²) in [5.74, 6) is -2.20. The number of carbonyl (C=O) groups excluding carboxylic acids is 1. The highest BCUT2D eigenvalue weighted by Gasteiger charge is 2.46. The molecular weight excluding hydrogens is 314 g/mol. The molecule has 2 aliphatic heterocycles. The van der Waals surface area contributed by atoms with Crippen LogP contribution in [0.25, 0.3) is 0 Å². The van der Waals surface area contributed by atoms with Crippen molar-refractivity contribution < 1.29 is 18.7 Å². The average Bonchev–Trinajstić information content (AvgIpc) is 2.97. The molecule has 1 N–H and O–H groups in total. The molecule has 2 rings (SSSR count). The average molecular weight is 346 g/mol. The lowest BCUT2D eigenvalue weighted by Gasteiger charge is -2.31.